The molecule has 42 heavy (non-hydrogen) atoms. The van der Waals surface area contributed by atoms with E-state index in [1.165, 1.54) is 18.2 Å². The third-order valence-corrected chi connectivity index (χ3v) is 8.95. The molecule has 4 rings (SSSR count). The highest BCUT2D eigenvalue weighted by Gasteiger charge is 2.36. The lowest BCUT2D eigenvalue weighted by Crippen LogP contribution is -2.45. The second-order valence-electron chi connectivity index (χ2n) is 10.2. The molecule has 1 atom stereocenters. The molecule has 0 bridgehead atoms. The van der Waals surface area contributed by atoms with Gasteiger partial charge in [-0.2, -0.15) is 0 Å². The van der Waals surface area contributed by atoms with E-state index in [1.807, 2.05) is 51.4 Å². The summed E-state index contributed by atoms with van der Waals surface area (Å²) in [6, 6.07) is 17.1. The van der Waals surface area contributed by atoms with E-state index < -0.39 is 22.0 Å². The van der Waals surface area contributed by atoms with Gasteiger partial charge in [0.25, 0.3) is 10.0 Å². The first-order chi connectivity index (χ1) is 20.0. The molecule has 0 saturated heterocycles. The van der Waals surface area contributed by atoms with E-state index in [9.17, 15) is 18.3 Å². The predicted molar refractivity (Wildman–Crippen MR) is 169 cm³/mol. The molecule has 1 unspecified atom stereocenters. The number of sulfonamides is 1. The van der Waals surface area contributed by atoms with Crippen LogP contribution in [0.4, 0.5) is 11.5 Å². The fourth-order valence-electron chi connectivity index (χ4n) is 4.53. The number of nitrogens with zero attached hydrogens (tertiary/aromatic N) is 4. The van der Waals surface area contributed by atoms with E-state index >= 15 is 0 Å². The lowest BCUT2D eigenvalue weighted by Gasteiger charge is -2.30. The Bertz CT molecular complexity index is 1650. The smallest absolute Gasteiger partial charge is 0.327 e. The number of hydrogen-bond donors (Lipinski definition) is 2. The minimum atomic E-state index is -4.35. The summed E-state index contributed by atoms with van der Waals surface area (Å²) < 4.78 is 28.9. The Kier molecular flexibility index (Phi) is 10.3. The van der Waals surface area contributed by atoms with Gasteiger partial charge in [0, 0.05) is 28.7 Å². The number of fused-ring (bicyclic) bond motifs is 1. The highest BCUT2D eigenvalue weighted by Crippen LogP contribution is 2.34. The van der Waals surface area contributed by atoms with Gasteiger partial charge in [-0.3, -0.25) is 4.31 Å². The van der Waals surface area contributed by atoms with Gasteiger partial charge in [-0.05, 0) is 79.8 Å². The maximum absolute atomic E-state index is 14.0. The lowest BCUT2D eigenvalue weighted by atomic mass is 10.0. The van der Waals surface area contributed by atoms with Crippen LogP contribution in [0, 0.1) is 0 Å². The average Bonchev–Trinajstić information content (AvgIpc) is 2.94. The molecule has 222 valence electrons. The van der Waals surface area contributed by atoms with Gasteiger partial charge in [-0.15, -0.1) is 10.2 Å². The zero-order valence-electron chi connectivity index (χ0n) is 23.6. The van der Waals surface area contributed by atoms with Crippen molar-refractivity contribution < 1.29 is 18.3 Å². The average molecular weight is 631 g/mol. The maximum atomic E-state index is 14.0. The van der Waals surface area contributed by atoms with Crippen LogP contribution in [0.1, 0.15) is 26.2 Å². The van der Waals surface area contributed by atoms with Gasteiger partial charge in [0.05, 0.1) is 16.3 Å². The molecule has 0 aliphatic carbocycles. The molecule has 4 aromatic rings. The van der Waals surface area contributed by atoms with Crippen molar-refractivity contribution in [3.05, 3.63) is 76.8 Å². The number of carboxylic acids is 1. The summed E-state index contributed by atoms with van der Waals surface area (Å²) in [6.07, 6.45) is 1.37. The molecule has 2 N–H and O–H groups in total. The zero-order chi connectivity index (χ0) is 30.4. The van der Waals surface area contributed by atoms with Crippen molar-refractivity contribution in [2.75, 3.05) is 36.8 Å². The third kappa shape index (κ3) is 7.49. The normalized spacial score (nSPS) is 12.4. The minimum Gasteiger partial charge on any atom is -0.480 e. The Labute approximate surface area is 256 Å². The van der Waals surface area contributed by atoms with Gasteiger partial charge in [-0.1, -0.05) is 61.2 Å². The molecule has 0 aliphatic heterocycles. The first-order valence-corrected chi connectivity index (χ1v) is 15.7. The number of halogens is 2. The summed E-state index contributed by atoms with van der Waals surface area (Å²) in [5.41, 5.74) is 1.75. The fraction of sp³-hybridized carbons (Fsp3) is 0.300. The quantitative estimate of drug-likeness (QED) is 0.174. The van der Waals surface area contributed by atoms with Crippen molar-refractivity contribution in [2.24, 2.45) is 0 Å². The molecule has 12 heteroatoms. The van der Waals surface area contributed by atoms with E-state index in [1.54, 1.807) is 18.2 Å². The number of aliphatic carboxylic acids is 1. The van der Waals surface area contributed by atoms with Crippen LogP contribution in [0.25, 0.3) is 22.0 Å². The number of carbonyl (C=O) groups is 1. The van der Waals surface area contributed by atoms with Crippen molar-refractivity contribution in [3.63, 3.8) is 0 Å². The van der Waals surface area contributed by atoms with Crippen LogP contribution < -0.4 is 9.62 Å². The van der Waals surface area contributed by atoms with Crippen LogP contribution in [0.5, 0.6) is 0 Å². The molecule has 3 aromatic carbocycles. The SMILES string of the molecule is CCCCC(C(=O)O)N(c1ccc2cc(-c3ccc(NCCN(C)C)nn3)ccc2c1)S(=O)(=O)c1cc(Cl)cc(Cl)c1. The van der Waals surface area contributed by atoms with Crippen molar-refractivity contribution in [3.8, 4) is 11.3 Å². The topological polar surface area (TPSA) is 116 Å². The third-order valence-electron chi connectivity index (χ3n) is 6.70. The van der Waals surface area contributed by atoms with Crippen molar-refractivity contribution in [1.29, 1.82) is 0 Å². The monoisotopic (exact) mass is 629 g/mol. The van der Waals surface area contributed by atoms with Crippen molar-refractivity contribution in [1.82, 2.24) is 15.1 Å². The van der Waals surface area contributed by atoms with Crippen molar-refractivity contribution in [2.45, 2.75) is 37.1 Å². The molecule has 0 aliphatic rings. The van der Waals surface area contributed by atoms with E-state index in [0.29, 0.717) is 24.4 Å². The van der Waals surface area contributed by atoms with Crippen molar-refractivity contribution >= 4 is 61.5 Å². The number of aromatic nitrogens is 2. The first-order valence-electron chi connectivity index (χ1n) is 13.5. The second-order valence-corrected chi connectivity index (χ2v) is 12.9. The Balaban J connectivity index is 1.71. The molecule has 9 nitrogen and oxygen atoms in total. The lowest BCUT2D eigenvalue weighted by molar-refractivity contribution is -0.138. The number of hydrogen-bond acceptors (Lipinski definition) is 7. The molecule has 1 heterocycles. The van der Waals surface area contributed by atoms with Crippen LogP contribution in [0.3, 0.4) is 0 Å². The second kappa shape index (κ2) is 13.7. The highest BCUT2D eigenvalue weighted by molar-refractivity contribution is 7.93. The van der Waals surface area contributed by atoms with E-state index in [0.717, 1.165) is 33.7 Å². The first kappa shape index (κ1) is 31.5. The molecule has 0 fully saturated rings. The number of likely N-dealkylation sites (N-methyl/N-ethyl adjacent to an activating group) is 1. The van der Waals surface area contributed by atoms with E-state index in [4.69, 9.17) is 23.2 Å². The predicted octanol–water partition coefficient (Wildman–Crippen LogP) is 6.42. The fourth-order valence-corrected chi connectivity index (χ4v) is 6.89. The summed E-state index contributed by atoms with van der Waals surface area (Å²) >= 11 is 12.2. The summed E-state index contributed by atoms with van der Waals surface area (Å²) in [6.45, 7) is 3.53. The molecular formula is C30H33Cl2N5O4S. The molecule has 0 saturated carbocycles. The Morgan fingerprint density at radius 3 is 2.26 bits per heavy atom. The molecule has 0 amide bonds. The maximum Gasteiger partial charge on any atom is 0.327 e. The minimum absolute atomic E-state index is 0.132. The zero-order valence-corrected chi connectivity index (χ0v) is 25.9. The Morgan fingerprint density at radius 2 is 1.64 bits per heavy atom. The summed E-state index contributed by atoms with van der Waals surface area (Å²) in [5.74, 6) is -0.557. The standard InChI is InChI=1S/C30H33Cl2N5O4S/c1-4-5-6-28(30(38)39)37(42(40,41)26-18-23(31)17-24(32)19-26)25-10-9-20-15-22(8-7-21(20)16-25)27-11-12-29(35-34-27)33-13-14-36(2)3/h7-12,15-19,28H,4-6,13-14H2,1-3H3,(H,33,35)(H,38,39). The molecule has 0 radical (unpaired) electrons. The number of unbranched alkanes of at least 4 members (excludes halogenated alkanes) is 1. The summed E-state index contributed by atoms with van der Waals surface area (Å²) in [5, 5.41) is 23.8. The Hall–Kier alpha value is -3.44. The van der Waals surface area contributed by atoms with Gasteiger partial charge in [0.15, 0.2) is 0 Å². The van der Waals surface area contributed by atoms with Crippen LogP contribution >= 0.6 is 23.2 Å². The van der Waals surface area contributed by atoms with Gasteiger partial charge in [-0.25, -0.2) is 13.2 Å². The largest absolute Gasteiger partial charge is 0.480 e. The molecule has 1 aromatic heterocycles. The van der Waals surface area contributed by atoms with Crippen LogP contribution in [-0.2, 0) is 14.8 Å². The van der Waals surface area contributed by atoms with Gasteiger partial charge in [0.1, 0.15) is 11.9 Å². The van der Waals surface area contributed by atoms with E-state index in [2.05, 4.69) is 20.4 Å². The van der Waals surface area contributed by atoms with Crippen LogP contribution in [0.15, 0.2) is 71.6 Å². The van der Waals surface area contributed by atoms with Crippen LogP contribution in [-0.4, -0.2) is 67.8 Å². The van der Waals surface area contributed by atoms with Crippen LogP contribution in [0.2, 0.25) is 10.0 Å². The molecular weight excluding hydrogens is 597 g/mol. The number of rotatable bonds is 13. The highest BCUT2D eigenvalue weighted by atomic mass is 35.5. The van der Waals surface area contributed by atoms with Gasteiger partial charge < -0.3 is 15.3 Å². The number of nitrogens with one attached hydrogen (secondary N) is 1. The Morgan fingerprint density at radius 1 is 0.952 bits per heavy atom. The van der Waals surface area contributed by atoms with Gasteiger partial charge >= 0.3 is 5.97 Å². The number of anilines is 2. The molecule has 0 spiro atoms. The summed E-state index contributed by atoms with van der Waals surface area (Å²) in [4.78, 5) is 14.3. The van der Waals surface area contributed by atoms with Gasteiger partial charge in [0.2, 0.25) is 0 Å². The van der Waals surface area contributed by atoms with E-state index in [-0.39, 0.29) is 27.0 Å². The number of carboxylic acid groups (broad SMARTS) is 1. The summed E-state index contributed by atoms with van der Waals surface area (Å²) in [7, 11) is -0.349. The number of benzene rings is 3.